The molecule has 1 aromatic heterocycles. The lowest BCUT2D eigenvalue weighted by molar-refractivity contribution is -0.137. The summed E-state index contributed by atoms with van der Waals surface area (Å²) in [6.07, 6.45) is 0.650. The summed E-state index contributed by atoms with van der Waals surface area (Å²) < 4.78 is 44.5. The van der Waals surface area contributed by atoms with Crippen LogP contribution in [0.1, 0.15) is 42.2 Å². The molecule has 0 saturated carbocycles. The molecule has 1 aliphatic rings. The molecule has 0 bridgehead atoms. The molecule has 0 aliphatic carbocycles. The fourth-order valence-electron chi connectivity index (χ4n) is 3.45. The van der Waals surface area contributed by atoms with Gasteiger partial charge in [-0.15, -0.1) is 0 Å². The zero-order valence-corrected chi connectivity index (χ0v) is 17.7. The highest BCUT2D eigenvalue weighted by Crippen LogP contribution is 2.31. The Labute approximate surface area is 188 Å². The highest BCUT2D eigenvalue weighted by Gasteiger charge is 2.32. The molecule has 1 atom stereocenters. The molecule has 3 amide bonds. The van der Waals surface area contributed by atoms with E-state index in [9.17, 15) is 27.6 Å². The number of carbonyl (C=O) groups excluding carboxylic acids is 3. The first-order valence-electron chi connectivity index (χ1n) is 10.5. The van der Waals surface area contributed by atoms with Gasteiger partial charge in [0.15, 0.2) is 0 Å². The Morgan fingerprint density at radius 2 is 2.03 bits per heavy atom. The quantitative estimate of drug-likeness (QED) is 0.559. The number of halogens is 3. The first kappa shape index (κ1) is 24.1. The average Bonchev–Trinajstić information content (AvgIpc) is 3.43. The van der Waals surface area contributed by atoms with Crippen molar-refractivity contribution in [3.63, 3.8) is 0 Å². The summed E-state index contributed by atoms with van der Waals surface area (Å²) in [6.45, 7) is 0.595. The number of likely N-dealkylation sites (tertiary alicyclic amines) is 1. The number of hydrogen-bond acceptors (Lipinski definition) is 4. The van der Waals surface area contributed by atoms with Crippen LogP contribution in [0.5, 0.6) is 0 Å². The number of carbonyl (C=O) groups is 3. The predicted molar refractivity (Wildman–Crippen MR) is 114 cm³/mol. The average molecular weight is 463 g/mol. The standard InChI is InChI=1S/C23H24F3N3O4/c24-23(25,26)17-5-1-4-16(14-17)19(15-29-12-2-7-22(29)32)28-21(31)10-11-27-20(30)9-8-18-6-3-13-33-18/h1,3-6,8-9,13-14,19H,2,7,10-12,15H2,(H,27,30)(H,28,31). The zero-order valence-electron chi connectivity index (χ0n) is 17.7. The van der Waals surface area contributed by atoms with E-state index in [-0.39, 0.29) is 31.0 Å². The van der Waals surface area contributed by atoms with Crippen molar-refractivity contribution in [3.05, 3.63) is 65.6 Å². The molecule has 1 unspecified atom stereocenters. The van der Waals surface area contributed by atoms with Crippen molar-refractivity contribution >= 4 is 23.8 Å². The minimum absolute atomic E-state index is 0.0329. The van der Waals surface area contributed by atoms with E-state index in [0.717, 1.165) is 12.1 Å². The summed E-state index contributed by atoms with van der Waals surface area (Å²) in [4.78, 5) is 37.9. The Hall–Kier alpha value is -3.56. The van der Waals surface area contributed by atoms with E-state index in [1.54, 1.807) is 12.1 Å². The third-order valence-corrected chi connectivity index (χ3v) is 5.12. The summed E-state index contributed by atoms with van der Waals surface area (Å²) in [5.74, 6) is -0.476. The van der Waals surface area contributed by atoms with Crippen molar-refractivity contribution in [1.82, 2.24) is 15.5 Å². The maximum atomic E-state index is 13.2. The van der Waals surface area contributed by atoms with Crippen LogP contribution < -0.4 is 10.6 Å². The molecule has 2 heterocycles. The van der Waals surface area contributed by atoms with Crippen LogP contribution >= 0.6 is 0 Å². The number of furan rings is 1. The molecule has 1 aliphatic heterocycles. The van der Waals surface area contributed by atoms with Gasteiger partial charge in [-0.25, -0.2) is 0 Å². The maximum absolute atomic E-state index is 13.2. The van der Waals surface area contributed by atoms with Crippen molar-refractivity contribution in [1.29, 1.82) is 0 Å². The monoisotopic (exact) mass is 463 g/mol. The molecule has 2 aromatic rings. The Bertz CT molecular complexity index is 1000. The minimum Gasteiger partial charge on any atom is -0.465 e. The van der Waals surface area contributed by atoms with Gasteiger partial charge in [0.25, 0.3) is 0 Å². The Morgan fingerprint density at radius 3 is 2.70 bits per heavy atom. The molecule has 1 saturated heterocycles. The fraction of sp³-hybridized carbons (Fsp3) is 0.348. The molecular weight excluding hydrogens is 439 g/mol. The normalized spacial score (nSPS) is 15.1. The van der Waals surface area contributed by atoms with Crippen LogP contribution in [0.25, 0.3) is 6.08 Å². The summed E-state index contributed by atoms with van der Waals surface area (Å²) in [6, 6.07) is 7.24. The van der Waals surface area contributed by atoms with Gasteiger partial charge in [-0.2, -0.15) is 13.2 Å². The van der Waals surface area contributed by atoms with Crippen molar-refractivity contribution < 1.29 is 32.0 Å². The highest BCUT2D eigenvalue weighted by atomic mass is 19.4. The molecule has 0 spiro atoms. The van der Waals surface area contributed by atoms with Crippen LogP contribution in [-0.2, 0) is 20.6 Å². The van der Waals surface area contributed by atoms with E-state index in [1.807, 2.05) is 0 Å². The number of rotatable bonds is 9. The van der Waals surface area contributed by atoms with Crippen LogP contribution in [0.2, 0.25) is 0 Å². The van der Waals surface area contributed by atoms with E-state index >= 15 is 0 Å². The topological polar surface area (TPSA) is 91.7 Å². The van der Waals surface area contributed by atoms with Gasteiger partial charge in [-0.05, 0) is 42.3 Å². The molecule has 2 N–H and O–H groups in total. The fourth-order valence-corrected chi connectivity index (χ4v) is 3.45. The summed E-state index contributed by atoms with van der Waals surface area (Å²) in [5.41, 5.74) is -0.578. The van der Waals surface area contributed by atoms with Crippen molar-refractivity contribution in [3.8, 4) is 0 Å². The summed E-state index contributed by atoms with van der Waals surface area (Å²) in [7, 11) is 0. The third-order valence-electron chi connectivity index (χ3n) is 5.12. The summed E-state index contributed by atoms with van der Waals surface area (Å²) in [5, 5.41) is 5.26. The van der Waals surface area contributed by atoms with Gasteiger partial charge in [-0.3, -0.25) is 14.4 Å². The van der Waals surface area contributed by atoms with E-state index in [1.165, 1.54) is 35.4 Å². The second-order valence-corrected chi connectivity index (χ2v) is 7.58. The van der Waals surface area contributed by atoms with Crippen LogP contribution in [0, 0.1) is 0 Å². The Kier molecular flexibility index (Phi) is 7.92. The SMILES string of the molecule is O=C(C=Cc1ccco1)NCCC(=O)NC(CN1CCCC1=O)c1cccc(C(F)(F)F)c1. The summed E-state index contributed by atoms with van der Waals surface area (Å²) >= 11 is 0. The molecule has 0 radical (unpaired) electrons. The van der Waals surface area contributed by atoms with Crippen molar-refractivity contribution in [2.24, 2.45) is 0 Å². The van der Waals surface area contributed by atoms with E-state index in [4.69, 9.17) is 4.42 Å². The number of alkyl halides is 3. The highest BCUT2D eigenvalue weighted by molar-refractivity contribution is 5.91. The second-order valence-electron chi connectivity index (χ2n) is 7.58. The van der Waals surface area contributed by atoms with Gasteiger partial charge in [0.2, 0.25) is 17.7 Å². The van der Waals surface area contributed by atoms with E-state index in [0.29, 0.717) is 25.1 Å². The lowest BCUT2D eigenvalue weighted by atomic mass is 10.0. The molecular formula is C23H24F3N3O4. The molecule has 7 nitrogen and oxygen atoms in total. The Morgan fingerprint density at radius 1 is 1.21 bits per heavy atom. The minimum atomic E-state index is -4.53. The Balaban J connectivity index is 1.60. The van der Waals surface area contributed by atoms with E-state index in [2.05, 4.69) is 10.6 Å². The van der Waals surface area contributed by atoms with Gasteiger partial charge in [-0.1, -0.05) is 12.1 Å². The van der Waals surface area contributed by atoms with Gasteiger partial charge in [0.05, 0.1) is 17.9 Å². The lowest BCUT2D eigenvalue weighted by Crippen LogP contribution is -2.39. The van der Waals surface area contributed by atoms with Gasteiger partial charge in [0, 0.05) is 38.6 Å². The van der Waals surface area contributed by atoms with Crippen LogP contribution in [0.4, 0.5) is 13.2 Å². The van der Waals surface area contributed by atoms with Crippen molar-refractivity contribution in [2.45, 2.75) is 31.5 Å². The predicted octanol–water partition coefficient (Wildman–Crippen LogP) is 3.30. The second kappa shape index (κ2) is 10.8. The first-order chi connectivity index (χ1) is 15.7. The van der Waals surface area contributed by atoms with Crippen molar-refractivity contribution in [2.75, 3.05) is 19.6 Å². The number of nitrogens with one attached hydrogen (secondary N) is 2. The lowest BCUT2D eigenvalue weighted by Gasteiger charge is -2.26. The van der Waals surface area contributed by atoms with Gasteiger partial charge < -0.3 is 20.0 Å². The molecule has 176 valence electrons. The van der Waals surface area contributed by atoms with Crippen LogP contribution in [-0.4, -0.2) is 42.3 Å². The largest absolute Gasteiger partial charge is 0.465 e. The molecule has 1 aromatic carbocycles. The first-order valence-corrected chi connectivity index (χ1v) is 10.5. The molecule has 10 heteroatoms. The number of nitrogens with zero attached hydrogens (tertiary/aromatic N) is 1. The van der Waals surface area contributed by atoms with Crippen LogP contribution in [0.15, 0.2) is 53.2 Å². The third kappa shape index (κ3) is 7.23. The molecule has 33 heavy (non-hydrogen) atoms. The number of benzene rings is 1. The zero-order chi connectivity index (χ0) is 23.8. The van der Waals surface area contributed by atoms with E-state index < -0.39 is 29.6 Å². The molecule has 1 fully saturated rings. The maximum Gasteiger partial charge on any atom is 0.416 e. The number of amides is 3. The number of hydrogen-bond donors (Lipinski definition) is 2. The van der Waals surface area contributed by atoms with Crippen LogP contribution in [0.3, 0.4) is 0 Å². The van der Waals surface area contributed by atoms with Gasteiger partial charge in [0.1, 0.15) is 5.76 Å². The van der Waals surface area contributed by atoms with Gasteiger partial charge >= 0.3 is 6.18 Å². The molecule has 3 rings (SSSR count). The smallest absolute Gasteiger partial charge is 0.416 e.